The molecule has 3 nitrogen and oxygen atoms in total. The molecule has 0 amide bonds. The molecule has 4 rings (SSSR count). The number of carbonyl (C=O) groups is 1. The van der Waals surface area contributed by atoms with Crippen LogP contribution in [0.4, 0.5) is 0 Å². The predicted molar refractivity (Wildman–Crippen MR) is 78.9 cm³/mol. The first-order valence-corrected chi connectivity index (χ1v) is 8.10. The summed E-state index contributed by atoms with van der Waals surface area (Å²) in [5, 5.41) is 5.12. The molecule has 0 aromatic carbocycles. The number of thiophene rings is 1. The van der Waals surface area contributed by atoms with E-state index in [9.17, 15) is 4.79 Å². The lowest BCUT2D eigenvalue weighted by Crippen LogP contribution is -2.34. The second-order valence-electron chi connectivity index (χ2n) is 4.76. The number of fused-ring (bicyclic) bond motifs is 1. The lowest BCUT2D eigenvalue weighted by molar-refractivity contribution is -0.116. The summed E-state index contributed by atoms with van der Waals surface area (Å²) in [6, 6.07) is 4.20. The van der Waals surface area contributed by atoms with Gasteiger partial charge in [0.15, 0.2) is 11.0 Å². The van der Waals surface area contributed by atoms with Crippen LogP contribution in [-0.4, -0.2) is 15.9 Å². The highest BCUT2D eigenvalue weighted by Gasteiger charge is 2.38. The first-order valence-electron chi connectivity index (χ1n) is 6.34. The minimum absolute atomic E-state index is 0.0431. The molecule has 1 aromatic heterocycles. The normalized spacial score (nSPS) is 25.5. The molecular formula is C14H12N2OS2. The molecule has 1 atom stereocenters. The van der Waals surface area contributed by atoms with E-state index < -0.39 is 0 Å². The van der Waals surface area contributed by atoms with E-state index in [0.717, 1.165) is 29.3 Å². The zero-order valence-electron chi connectivity index (χ0n) is 10.2. The van der Waals surface area contributed by atoms with Crippen molar-refractivity contribution in [2.75, 3.05) is 0 Å². The molecule has 96 valence electrons. The maximum absolute atomic E-state index is 12.3. The monoisotopic (exact) mass is 288 g/mol. The fraction of sp³-hybridized carbons (Fsp3) is 0.286. The highest BCUT2D eigenvalue weighted by Crippen LogP contribution is 2.45. The summed E-state index contributed by atoms with van der Waals surface area (Å²) in [6.07, 6.45) is 4.57. The fourth-order valence-corrected chi connectivity index (χ4v) is 4.41. The predicted octanol–water partition coefficient (Wildman–Crippen LogP) is 3.69. The van der Waals surface area contributed by atoms with Gasteiger partial charge in [0.1, 0.15) is 6.04 Å². The quantitative estimate of drug-likeness (QED) is 0.790. The lowest BCUT2D eigenvalue weighted by atomic mass is 9.88. The van der Waals surface area contributed by atoms with E-state index in [-0.39, 0.29) is 11.8 Å². The first-order chi connectivity index (χ1) is 9.34. The molecule has 0 bridgehead atoms. The standard InChI is InChI=1S/C14H12N2OS2/c17-10-4-1-3-9-12(10)13(11-5-2-7-18-11)16-6-8-19-14(16)15-9/h2,5-8,13H,1,3-4H2. The van der Waals surface area contributed by atoms with Crippen molar-refractivity contribution in [2.45, 2.75) is 25.3 Å². The molecule has 0 radical (unpaired) electrons. The average Bonchev–Trinajstić information content (AvgIpc) is 3.07. The van der Waals surface area contributed by atoms with Gasteiger partial charge in [-0.15, -0.1) is 11.3 Å². The summed E-state index contributed by atoms with van der Waals surface area (Å²) < 4.78 is 0. The smallest absolute Gasteiger partial charge is 0.173 e. The molecule has 0 fully saturated rings. The van der Waals surface area contributed by atoms with Gasteiger partial charge in [0.2, 0.25) is 0 Å². The van der Waals surface area contributed by atoms with Crippen LogP contribution in [0.3, 0.4) is 0 Å². The van der Waals surface area contributed by atoms with Gasteiger partial charge in [-0.3, -0.25) is 4.79 Å². The summed E-state index contributed by atoms with van der Waals surface area (Å²) in [7, 11) is 0. The topological polar surface area (TPSA) is 32.7 Å². The number of ketones is 1. The third kappa shape index (κ3) is 1.72. The molecule has 1 unspecified atom stereocenters. The molecule has 1 aromatic rings. The second kappa shape index (κ2) is 4.35. The zero-order chi connectivity index (χ0) is 12.8. The van der Waals surface area contributed by atoms with E-state index in [1.807, 2.05) is 17.7 Å². The van der Waals surface area contributed by atoms with E-state index >= 15 is 0 Å². The van der Waals surface area contributed by atoms with E-state index in [4.69, 9.17) is 0 Å². The van der Waals surface area contributed by atoms with Crippen LogP contribution >= 0.6 is 23.1 Å². The molecule has 3 heterocycles. The Bertz CT molecular complexity index is 628. The number of Topliss-reactive ketones (excluding diaryl/α,β-unsaturated/α-hetero) is 1. The summed E-state index contributed by atoms with van der Waals surface area (Å²) in [5.74, 6) is 0.271. The molecule has 2 aliphatic heterocycles. The van der Waals surface area contributed by atoms with Crippen molar-refractivity contribution in [2.24, 2.45) is 4.99 Å². The molecule has 3 aliphatic rings. The lowest BCUT2D eigenvalue weighted by Gasteiger charge is -2.35. The molecule has 1 aliphatic carbocycles. The Labute approximate surface area is 119 Å². The summed E-state index contributed by atoms with van der Waals surface area (Å²) in [5.41, 5.74) is 1.93. The minimum atomic E-state index is 0.0431. The van der Waals surface area contributed by atoms with E-state index in [0.29, 0.717) is 6.42 Å². The van der Waals surface area contributed by atoms with Crippen molar-refractivity contribution < 1.29 is 4.79 Å². The van der Waals surface area contributed by atoms with Gasteiger partial charge in [-0.1, -0.05) is 17.8 Å². The summed E-state index contributed by atoms with van der Waals surface area (Å²) in [6.45, 7) is 0. The van der Waals surface area contributed by atoms with Crippen molar-refractivity contribution in [1.82, 2.24) is 4.90 Å². The Morgan fingerprint density at radius 2 is 2.32 bits per heavy atom. The molecule has 0 saturated carbocycles. The number of allylic oxidation sites excluding steroid dienone is 1. The van der Waals surface area contributed by atoms with Crippen LogP contribution < -0.4 is 0 Å². The van der Waals surface area contributed by atoms with Crippen LogP contribution in [0.2, 0.25) is 0 Å². The number of hydrogen-bond acceptors (Lipinski definition) is 5. The Morgan fingerprint density at radius 1 is 1.37 bits per heavy atom. The van der Waals surface area contributed by atoms with E-state index in [1.165, 1.54) is 4.88 Å². The van der Waals surface area contributed by atoms with Crippen molar-refractivity contribution >= 4 is 34.0 Å². The van der Waals surface area contributed by atoms with Crippen LogP contribution in [0, 0.1) is 0 Å². The number of rotatable bonds is 1. The van der Waals surface area contributed by atoms with Gasteiger partial charge in [0.05, 0.1) is 5.70 Å². The summed E-state index contributed by atoms with van der Waals surface area (Å²) >= 11 is 3.35. The summed E-state index contributed by atoms with van der Waals surface area (Å²) in [4.78, 5) is 20.4. The maximum atomic E-state index is 12.3. The molecule has 19 heavy (non-hydrogen) atoms. The third-order valence-electron chi connectivity index (χ3n) is 3.64. The van der Waals surface area contributed by atoms with Crippen molar-refractivity contribution in [1.29, 1.82) is 0 Å². The molecular weight excluding hydrogens is 276 g/mol. The van der Waals surface area contributed by atoms with Gasteiger partial charge in [-0.05, 0) is 29.7 Å². The van der Waals surface area contributed by atoms with Crippen LogP contribution in [0.1, 0.15) is 30.2 Å². The number of thioether (sulfide) groups is 1. The van der Waals surface area contributed by atoms with Gasteiger partial charge >= 0.3 is 0 Å². The van der Waals surface area contributed by atoms with Crippen LogP contribution in [0.25, 0.3) is 0 Å². The van der Waals surface area contributed by atoms with Crippen LogP contribution in [-0.2, 0) is 4.79 Å². The van der Waals surface area contributed by atoms with Crippen molar-refractivity contribution in [3.63, 3.8) is 0 Å². The van der Waals surface area contributed by atoms with Gasteiger partial charge < -0.3 is 4.90 Å². The van der Waals surface area contributed by atoms with Crippen LogP contribution in [0.15, 0.2) is 45.4 Å². The fourth-order valence-electron chi connectivity index (χ4n) is 2.82. The number of aliphatic imine (C=N–C) groups is 1. The van der Waals surface area contributed by atoms with Gasteiger partial charge in [-0.2, -0.15) is 0 Å². The largest absolute Gasteiger partial charge is 0.314 e. The SMILES string of the molecule is O=C1CCCC2=C1C(c1cccs1)N1C=CSC1=N2. The molecule has 0 N–H and O–H groups in total. The number of nitrogens with zero attached hydrogens (tertiary/aromatic N) is 2. The molecule has 5 heteroatoms. The Hall–Kier alpha value is -1.33. The van der Waals surface area contributed by atoms with Gasteiger partial charge in [0.25, 0.3) is 0 Å². The average molecular weight is 288 g/mol. The second-order valence-corrected chi connectivity index (χ2v) is 6.61. The molecule has 0 saturated heterocycles. The van der Waals surface area contributed by atoms with E-state index in [1.54, 1.807) is 23.1 Å². The number of amidine groups is 1. The molecule has 0 spiro atoms. The minimum Gasteiger partial charge on any atom is -0.314 e. The highest BCUT2D eigenvalue weighted by atomic mass is 32.2. The van der Waals surface area contributed by atoms with E-state index in [2.05, 4.69) is 21.3 Å². The van der Waals surface area contributed by atoms with Gasteiger partial charge in [0, 0.05) is 23.1 Å². The van der Waals surface area contributed by atoms with Crippen LogP contribution in [0.5, 0.6) is 0 Å². The Morgan fingerprint density at radius 3 is 3.16 bits per heavy atom. The zero-order valence-corrected chi connectivity index (χ0v) is 11.8. The highest BCUT2D eigenvalue weighted by molar-refractivity contribution is 8.16. The first kappa shape index (κ1) is 11.5. The van der Waals surface area contributed by atoms with Crippen molar-refractivity contribution in [3.05, 3.63) is 45.3 Å². The number of carbonyl (C=O) groups excluding carboxylic acids is 1. The number of hydrogen-bond donors (Lipinski definition) is 0. The van der Waals surface area contributed by atoms with Crippen molar-refractivity contribution in [3.8, 4) is 0 Å². The maximum Gasteiger partial charge on any atom is 0.173 e. The Kier molecular flexibility index (Phi) is 2.63. The third-order valence-corrected chi connectivity index (χ3v) is 5.33. The Balaban J connectivity index is 1.90. The van der Waals surface area contributed by atoms with Gasteiger partial charge in [-0.25, -0.2) is 4.99 Å².